The Kier molecular flexibility index (Phi) is 3.03. The fraction of sp³-hybridized carbons (Fsp3) is 0.500. The Hall–Kier alpha value is -1.92. The summed E-state index contributed by atoms with van der Waals surface area (Å²) in [5, 5.41) is 13.9. The van der Waals surface area contributed by atoms with Crippen LogP contribution < -0.4 is 4.94 Å². The van der Waals surface area contributed by atoms with Gasteiger partial charge in [-0.3, -0.25) is 4.94 Å². The van der Waals surface area contributed by atoms with Crippen molar-refractivity contribution in [3.05, 3.63) is 22.6 Å². The van der Waals surface area contributed by atoms with Crippen LogP contribution in [0.25, 0.3) is 0 Å². The fourth-order valence-electron chi connectivity index (χ4n) is 0.672. The average molecular weight is 212 g/mol. The lowest BCUT2D eigenvalue weighted by Gasteiger charge is -2.08. The largest absolute Gasteiger partial charge is 0.385 e. The van der Waals surface area contributed by atoms with Crippen molar-refractivity contribution in [2.24, 2.45) is 10.6 Å². The van der Waals surface area contributed by atoms with Gasteiger partial charge in [0.25, 0.3) is 0 Å². The highest BCUT2D eigenvalue weighted by molar-refractivity contribution is 5.63. The lowest BCUT2D eigenvalue weighted by Crippen LogP contribution is -2.10. The van der Waals surface area contributed by atoms with Crippen LogP contribution in [0.3, 0.4) is 0 Å². The van der Waals surface area contributed by atoms with E-state index in [9.17, 15) is 10.1 Å². The zero-order valence-electron chi connectivity index (χ0n) is 8.75. The molecule has 0 amide bonds. The third kappa shape index (κ3) is 3.75. The van der Waals surface area contributed by atoms with E-state index in [0.29, 0.717) is 0 Å². The molecule has 0 aliphatic rings. The van der Waals surface area contributed by atoms with Gasteiger partial charge in [-0.15, -0.1) is 4.73 Å². The molecule has 15 heavy (non-hydrogen) atoms. The van der Waals surface area contributed by atoms with Gasteiger partial charge in [0, 0.05) is 5.41 Å². The molecule has 0 spiro atoms. The van der Waals surface area contributed by atoms with E-state index in [1.807, 2.05) is 20.8 Å². The monoisotopic (exact) mass is 212 g/mol. The van der Waals surface area contributed by atoms with Gasteiger partial charge in [0.05, 0.1) is 6.21 Å². The van der Waals surface area contributed by atoms with Crippen molar-refractivity contribution in [1.29, 1.82) is 0 Å². The summed E-state index contributed by atoms with van der Waals surface area (Å²) in [6.45, 7) is 5.86. The minimum atomic E-state index is -0.604. The Bertz CT molecular complexity index is 377. The predicted molar refractivity (Wildman–Crippen MR) is 53.4 cm³/mol. The van der Waals surface area contributed by atoms with Crippen LogP contribution in [-0.2, 0) is 0 Å². The van der Waals surface area contributed by atoms with E-state index in [-0.39, 0.29) is 11.2 Å². The van der Waals surface area contributed by atoms with E-state index in [4.69, 9.17) is 4.94 Å². The van der Waals surface area contributed by atoms with Crippen molar-refractivity contribution < 1.29 is 9.86 Å². The van der Waals surface area contributed by atoms with Crippen molar-refractivity contribution in [2.75, 3.05) is 0 Å². The lowest BCUT2D eigenvalue weighted by molar-refractivity contribution is -0.389. The molecule has 1 heterocycles. The molecule has 82 valence electrons. The van der Waals surface area contributed by atoms with Gasteiger partial charge in [0.1, 0.15) is 6.20 Å². The van der Waals surface area contributed by atoms with Crippen LogP contribution in [0, 0.1) is 15.5 Å². The van der Waals surface area contributed by atoms with Gasteiger partial charge in [-0.2, -0.15) is 0 Å². The Morgan fingerprint density at radius 1 is 1.67 bits per heavy atom. The van der Waals surface area contributed by atoms with Gasteiger partial charge in [0.2, 0.25) is 6.33 Å². The van der Waals surface area contributed by atoms with Crippen molar-refractivity contribution >= 4 is 12.0 Å². The summed E-state index contributed by atoms with van der Waals surface area (Å²) in [6, 6.07) is 0. The molecule has 0 aromatic carbocycles. The van der Waals surface area contributed by atoms with E-state index in [0.717, 1.165) is 10.9 Å². The molecule has 7 heteroatoms. The number of hydrogen-bond acceptors (Lipinski definition) is 5. The summed E-state index contributed by atoms with van der Waals surface area (Å²) < 4.78 is 1.07. The van der Waals surface area contributed by atoms with Gasteiger partial charge in [-0.05, 0) is 9.91 Å². The van der Waals surface area contributed by atoms with Gasteiger partial charge >= 0.3 is 5.82 Å². The van der Waals surface area contributed by atoms with Crippen LogP contribution in [0.1, 0.15) is 20.8 Å². The first-order chi connectivity index (χ1) is 6.88. The van der Waals surface area contributed by atoms with Crippen LogP contribution in [0.2, 0.25) is 0 Å². The van der Waals surface area contributed by atoms with Gasteiger partial charge < -0.3 is 10.1 Å². The van der Waals surface area contributed by atoms with Crippen molar-refractivity contribution in [2.45, 2.75) is 20.8 Å². The summed E-state index contributed by atoms with van der Waals surface area (Å²) in [4.78, 5) is 18.0. The Balaban J connectivity index is 2.59. The molecule has 0 N–H and O–H groups in total. The molecule has 0 atom stereocenters. The number of aromatic nitrogens is 2. The van der Waals surface area contributed by atoms with Crippen molar-refractivity contribution in [3.8, 4) is 0 Å². The zero-order chi connectivity index (χ0) is 11.5. The summed E-state index contributed by atoms with van der Waals surface area (Å²) in [5.74, 6) is -0.277. The van der Waals surface area contributed by atoms with E-state index < -0.39 is 4.92 Å². The Morgan fingerprint density at radius 3 is 2.80 bits per heavy atom. The van der Waals surface area contributed by atoms with Crippen molar-refractivity contribution in [3.63, 3.8) is 0 Å². The van der Waals surface area contributed by atoms with Gasteiger partial charge in [-0.1, -0.05) is 25.9 Å². The molecule has 1 aromatic rings. The normalized spacial score (nSPS) is 11.9. The second kappa shape index (κ2) is 4.07. The summed E-state index contributed by atoms with van der Waals surface area (Å²) in [5.41, 5.74) is -0.105. The third-order valence-corrected chi connectivity index (χ3v) is 1.32. The molecular weight excluding hydrogens is 200 g/mol. The van der Waals surface area contributed by atoms with Gasteiger partial charge in [0.15, 0.2) is 0 Å². The number of oxime groups is 1. The molecule has 0 aliphatic carbocycles. The van der Waals surface area contributed by atoms with Gasteiger partial charge in [-0.25, -0.2) is 0 Å². The molecule has 1 rings (SSSR count). The maximum Gasteiger partial charge on any atom is 0.385 e. The lowest BCUT2D eigenvalue weighted by atomic mass is 10.00. The number of nitrogens with zero attached hydrogens (tertiary/aromatic N) is 4. The maximum atomic E-state index is 10.3. The van der Waals surface area contributed by atoms with E-state index in [2.05, 4.69) is 10.1 Å². The second-order valence-corrected chi connectivity index (χ2v) is 4.03. The minimum Gasteiger partial charge on any atom is -0.358 e. The summed E-state index contributed by atoms with van der Waals surface area (Å²) in [6.07, 6.45) is 3.91. The smallest absolute Gasteiger partial charge is 0.358 e. The first kappa shape index (κ1) is 11.2. The number of nitro groups is 1. The second-order valence-electron chi connectivity index (χ2n) is 4.03. The van der Waals surface area contributed by atoms with Crippen LogP contribution in [-0.4, -0.2) is 20.9 Å². The maximum absolute atomic E-state index is 10.3. The highest BCUT2D eigenvalue weighted by Gasteiger charge is 2.10. The predicted octanol–water partition coefficient (Wildman–Crippen LogP) is 1.25. The molecule has 0 unspecified atom stereocenters. The SMILES string of the molecule is CC(C)(C)/C=N/On1cnc([N+](=O)[O-])c1. The molecule has 1 aromatic heterocycles. The molecule has 0 aliphatic heterocycles. The Morgan fingerprint density at radius 2 is 2.33 bits per heavy atom. The summed E-state index contributed by atoms with van der Waals surface area (Å²) >= 11 is 0. The highest BCUT2D eigenvalue weighted by Crippen LogP contribution is 2.08. The molecule has 0 bridgehead atoms. The quantitative estimate of drug-likeness (QED) is 0.429. The zero-order valence-corrected chi connectivity index (χ0v) is 8.75. The number of rotatable bonds is 3. The first-order valence-electron chi connectivity index (χ1n) is 4.29. The van der Waals surface area contributed by atoms with E-state index in [1.165, 1.54) is 6.33 Å². The standard InChI is InChI=1S/C8H12N4O3/c1-8(2,3)5-10-15-11-4-7(9-6-11)12(13)14/h4-6H,1-3H3/b10-5+. The molecular formula is C8H12N4O3. The molecule has 7 nitrogen and oxygen atoms in total. The fourth-order valence-corrected chi connectivity index (χ4v) is 0.672. The number of imidazole rings is 1. The molecule has 0 saturated heterocycles. The number of hydrogen-bond donors (Lipinski definition) is 0. The highest BCUT2D eigenvalue weighted by atomic mass is 16.8. The molecule has 0 fully saturated rings. The Labute approximate surface area is 86.5 Å². The summed E-state index contributed by atoms with van der Waals surface area (Å²) in [7, 11) is 0. The average Bonchev–Trinajstić information content (AvgIpc) is 2.50. The molecule has 0 radical (unpaired) electrons. The van der Waals surface area contributed by atoms with E-state index >= 15 is 0 Å². The van der Waals surface area contributed by atoms with Crippen LogP contribution in [0.4, 0.5) is 5.82 Å². The van der Waals surface area contributed by atoms with Crippen LogP contribution in [0.5, 0.6) is 0 Å². The molecule has 0 saturated carbocycles. The van der Waals surface area contributed by atoms with E-state index in [1.54, 1.807) is 6.21 Å². The third-order valence-electron chi connectivity index (χ3n) is 1.32. The minimum absolute atomic E-state index is 0.105. The van der Waals surface area contributed by atoms with Crippen LogP contribution >= 0.6 is 0 Å². The van der Waals surface area contributed by atoms with Crippen LogP contribution in [0.15, 0.2) is 17.7 Å². The van der Waals surface area contributed by atoms with Crippen molar-refractivity contribution in [1.82, 2.24) is 9.71 Å². The topological polar surface area (TPSA) is 82.5 Å². The first-order valence-corrected chi connectivity index (χ1v) is 4.29.